The van der Waals surface area contributed by atoms with Crippen molar-refractivity contribution >= 4 is 17.2 Å². The summed E-state index contributed by atoms with van der Waals surface area (Å²) in [4.78, 5) is 14.7. The smallest absolute Gasteiger partial charge is 0.310 e. The molecular weight excluding hydrogens is 302 g/mol. The number of nitro benzene ring substituents is 1. The maximum atomic E-state index is 10.8. The minimum absolute atomic E-state index is 0.301. The molecule has 1 aromatic heterocycles. The number of hydrogen-bond donors (Lipinski definition) is 1. The molecule has 0 atom stereocenters. The van der Waals surface area contributed by atoms with E-state index < -0.39 is 4.92 Å². The van der Waals surface area contributed by atoms with Crippen LogP contribution in [-0.4, -0.2) is 19.4 Å². The molecule has 1 heterocycles. The highest BCUT2D eigenvalue weighted by atomic mass is 32.1. The summed E-state index contributed by atoms with van der Waals surface area (Å²) in [6.45, 7) is 0. The quantitative estimate of drug-likeness (QED) is 0.589. The van der Waals surface area contributed by atoms with Gasteiger partial charge in [-0.05, 0) is 23.2 Å². The maximum absolute atomic E-state index is 10.8. The molecule has 0 amide bonds. The summed E-state index contributed by atoms with van der Waals surface area (Å²) >= 11 is 1.26. The Morgan fingerprint density at radius 1 is 1.18 bits per heavy atom. The Balaban J connectivity index is 1.84. The first kappa shape index (κ1) is 14.2. The molecule has 0 radical (unpaired) electrons. The first-order valence-electron chi connectivity index (χ1n) is 6.48. The lowest BCUT2D eigenvalue weighted by Crippen LogP contribution is -1.93. The van der Waals surface area contributed by atoms with E-state index in [0.29, 0.717) is 17.8 Å². The third kappa shape index (κ3) is 2.94. The lowest BCUT2D eigenvalue weighted by atomic mass is 10.1. The molecule has 0 aliphatic heterocycles. The summed E-state index contributed by atoms with van der Waals surface area (Å²) in [5.41, 5.74) is 1.34. The molecule has 0 unspecified atom stereocenters. The van der Waals surface area contributed by atoms with Crippen molar-refractivity contribution in [2.45, 2.75) is 6.42 Å². The molecule has 0 saturated heterocycles. The molecule has 3 rings (SSSR count). The number of aromatic hydroxyl groups is 1. The number of benzene rings is 2. The zero-order valence-electron chi connectivity index (χ0n) is 11.3. The number of phenolic OH excluding ortho intramolecular Hbond substituents is 1. The van der Waals surface area contributed by atoms with Crippen molar-refractivity contribution in [1.29, 1.82) is 0 Å². The Morgan fingerprint density at radius 3 is 2.68 bits per heavy atom. The van der Waals surface area contributed by atoms with Gasteiger partial charge in [0.25, 0.3) is 0 Å². The number of rotatable bonds is 4. The van der Waals surface area contributed by atoms with Crippen LogP contribution >= 0.6 is 11.5 Å². The molecule has 22 heavy (non-hydrogen) atoms. The van der Waals surface area contributed by atoms with Gasteiger partial charge < -0.3 is 5.11 Å². The SMILES string of the molecule is O=[N+]([O-])c1cc(Cc2nc(-c3ccccc3)ns2)ccc1O. The largest absolute Gasteiger partial charge is 0.502 e. The third-order valence-electron chi connectivity index (χ3n) is 3.09. The summed E-state index contributed by atoms with van der Waals surface area (Å²) in [6, 6.07) is 13.9. The normalized spacial score (nSPS) is 10.5. The molecule has 0 aliphatic carbocycles. The van der Waals surface area contributed by atoms with E-state index in [9.17, 15) is 15.2 Å². The van der Waals surface area contributed by atoms with Gasteiger partial charge in [0.2, 0.25) is 0 Å². The van der Waals surface area contributed by atoms with Gasteiger partial charge in [0.05, 0.1) is 4.92 Å². The molecule has 6 nitrogen and oxygen atoms in total. The van der Waals surface area contributed by atoms with Crippen molar-refractivity contribution in [1.82, 2.24) is 9.36 Å². The number of aromatic nitrogens is 2. The second-order valence-electron chi connectivity index (χ2n) is 4.63. The van der Waals surface area contributed by atoms with Gasteiger partial charge in [0, 0.05) is 18.1 Å². The standard InChI is InChI=1S/C15H11N3O3S/c19-13-7-6-10(8-12(13)18(20)21)9-14-16-15(17-22-14)11-4-2-1-3-5-11/h1-8,19H,9H2. The average Bonchev–Trinajstić information content (AvgIpc) is 2.98. The second-order valence-corrected chi connectivity index (χ2v) is 5.47. The summed E-state index contributed by atoms with van der Waals surface area (Å²) in [5, 5.41) is 21.1. The highest BCUT2D eigenvalue weighted by Crippen LogP contribution is 2.28. The van der Waals surface area contributed by atoms with Gasteiger partial charge in [0.15, 0.2) is 11.6 Å². The molecule has 1 N–H and O–H groups in total. The molecule has 7 heteroatoms. The van der Waals surface area contributed by atoms with Crippen molar-refractivity contribution in [3.05, 3.63) is 69.2 Å². The first-order valence-corrected chi connectivity index (χ1v) is 7.25. The fourth-order valence-corrected chi connectivity index (χ4v) is 2.73. The lowest BCUT2D eigenvalue weighted by Gasteiger charge is -2.00. The maximum Gasteiger partial charge on any atom is 0.310 e. The van der Waals surface area contributed by atoms with E-state index in [1.807, 2.05) is 30.3 Å². The number of nitro groups is 1. The Morgan fingerprint density at radius 2 is 1.95 bits per heavy atom. The summed E-state index contributed by atoms with van der Waals surface area (Å²) in [5.74, 6) is 0.310. The van der Waals surface area contributed by atoms with Gasteiger partial charge >= 0.3 is 5.69 Å². The molecule has 110 valence electrons. The van der Waals surface area contributed by atoms with Gasteiger partial charge in [-0.25, -0.2) is 4.98 Å². The van der Waals surface area contributed by atoms with E-state index in [1.165, 1.54) is 23.7 Å². The van der Waals surface area contributed by atoms with Crippen LogP contribution in [0.2, 0.25) is 0 Å². The van der Waals surface area contributed by atoms with Crippen LogP contribution in [0.15, 0.2) is 48.5 Å². The summed E-state index contributed by atoms with van der Waals surface area (Å²) in [6.07, 6.45) is 0.436. The number of phenols is 1. The van der Waals surface area contributed by atoms with Gasteiger partial charge in [-0.2, -0.15) is 4.37 Å². The van der Waals surface area contributed by atoms with Crippen molar-refractivity contribution in [2.75, 3.05) is 0 Å². The predicted octanol–water partition coefficient (Wildman–Crippen LogP) is 3.41. The zero-order chi connectivity index (χ0) is 15.5. The fourth-order valence-electron chi connectivity index (χ4n) is 2.03. The zero-order valence-corrected chi connectivity index (χ0v) is 12.2. The predicted molar refractivity (Wildman–Crippen MR) is 82.9 cm³/mol. The van der Waals surface area contributed by atoms with E-state index in [0.717, 1.165) is 10.6 Å². The average molecular weight is 313 g/mol. The van der Waals surface area contributed by atoms with Crippen LogP contribution in [0.25, 0.3) is 11.4 Å². The van der Waals surface area contributed by atoms with Crippen LogP contribution in [0.5, 0.6) is 5.75 Å². The van der Waals surface area contributed by atoms with Crippen molar-refractivity contribution in [3.8, 4) is 17.1 Å². The van der Waals surface area contributed by atoms with Crippen LogP contribution in [0.3, 0.4) is 0 Å². The second kappa shape index (κ2) is 5.90. The molecular formula is C15H11N3O3S. The Kier molecular flexibility index (Phi) is 3.80. The first-order chi connectivity index (χ1) is 10.6. The van der Waals surface area contributed by atoms with Gasteiger partial charge in [0.1, 0.15) is 5.01 Å². The van der Waals surface area contributed by atoms with Gasteiger partial charge in [-0.15, -0.1) is 0 Å². The Hall–Kier alpha value is -2.80. The minimum atomic E-state index is -0.603. The van der Waals surface area contributed by atoms with E-state index in [4.69, 9.17) is 0 Å². The molecule has 0 aliphatic rings. The van der Waals surface area contributed by atoms with E-state index in [2.05, 4.69) is 9.36 Å². The Bertz CT molecular complexity index is 818. The van der Waals surface area contributed by atoms with Crippen LogP contribution < -0.4 is 0 Å². The molecule has 0 bridgehead atoms. The van der Waals surface area contributed by atoms with E-state index >= 15 is 0 Å². The monoisotopic (exact) mass is 313 g/mol. The molecule has 0 saturated carbocycles. The van der Waals surface area contributed by atoms with Crippen LogP contribution in [0, 0.1) is 10.1 Å². The topological polar surface area (TPSA) is 89.2 Å². The summed E-state index contributed by atoms with van der Waals surface area (Å²) in [7, 11) is 0. The van der Waals surface area contributed by atoms with Gasteiger partial charge in [-0.3, -0.25) is 10.1 Å². The number of hydrogen-bond acceptors (Lipinski definition) is 6. The van der Waals surface area contributed by atoms with Crippen molar-refractivity contribution < 1.29 is 10.0 Å². The lowest BCUT2D eigenvalue weighted by molar-refractivity contribution is -0.385. The Labute approximate surface area is 130 Å². The third-order valence-corrected chi connectivity index (χ3v) is 3.80. The molecule has 0 spiro atoms. The van der Waals surface area contributed by atoms with E-state index in [-0.39, 0.29) is 11.4 Å². The van der Waals surface area contributed by atoms with E-state index in [1.54, 1.807) is 6.07 Å². The van der Waals surface area contributed by atoms with Crippen LogP contribution in [0.4, 0.5) is 5.69 Å². The highest BCUT2D eigenvalue weighted by Gasteiger charge is 2.15. The van der Waals surface area contributed by atoms with Crippen LogP contribution in [-0.2, 0) is 6.42 Å². The summed E-state index contributed by atoms with van der Waals surface area (Å²) < 4.78 is 4.30. The van der Waals surface area contributed by atoms with Crippen molar-refractivity contribution in [3.63, 3.8) is 0 Å². The number of nitrogens with zero attached hydrogens (tertiary/aromatic N) is 3. The minimum Gasteiger partial charge on any atom is -0.502 e. The highest BCUT2D eigenvalue weighted by molar-refractivity contribution is 7.05. The van der Waals surface area contributed by atoms with Crippen LogP contribution in [0.1, 0.15) is 10.6 Å². The van der Waals surface area contributed by atoms with Crippen molar-refractivity contribution in [2.24, 2.45) is 0 Å². The molecule has 2 aromatic carbocycles. The van der Waals surface area contributed by atoms with Gasteiger partial charge in [-0.1, -0.05) is 36.4 Å². The molecule has 3 aromatic rings. The fraction of sp³-hybridized carbons (Fsp3) is 0.0667. The molecule has 0 fully saturated rings.